The molecule has 0 heterocycles. The Labute approximate surface area is 198 Å². The molecule has 0 saturated carbocycles. The molecule has 0 aromatic rings. The molecular weight excluding hydrogens is 359 g/mol. The Morgan fingerprint density at radius 2 is 0.750 bits per heavy atom. The summed E-state index contributed by atoms with van der Waals surface area (Å²) in [6, 6.07) is 0. The van der Waals surface area contributed by atoms with Gasteiger partial charge >= 0.3 is 41.5 Å². The van der Waals surface area contributed by atoms with E-state index in [1.807, 2.05) is 0 Å². The van der Waals surface area contributed by atoms with Crippen LogP contribution in [0.5, 0.6) is 0 Å². The van der Waals surface area contributed by atoms with Crippen molar-refractivity contribution in [1.29, 1.82) is 0 Å². The average molecular weight is 407 g/mol. The van der Waals surface area contributed by atoms with Crippen molar-refractivity contribution in [2.24, 2.45) is 0 Å². The van der Waals surface area contributed by atoms with Gasteiger partial charge in [0.1, 0.15) is 0 Å². The molecule has 0 saturated heterocycles. The summed E-state index contributed by atoms with van der Waals surface area (Å²) in [5, 5.41) is 0. The third-order valence-corrected chi connectivity index (χ3v) is 5.20. The molecule has 0 atom stereocenters. The van der Waals surface area contributed by atoms with Crippen LogP contribution in [0.4, 0.5) is 0 Å². The summed E-state index contributed by atoms with van der Waals surface area (Å²) in [5.41, 5.74) is 0. The summed E-state index contributed by atoms with van der Waals surface area (Å²) in [6.07, 6.45) is 22.8. The molecule has 162 valence electrons. The topological polar surface area (TPSA) is 43.4 Å². The molecule has 0 aliphatic heterocycles. The van der Waals surface area contributed by atoms with Gasteiger partial charge in [0.05, 0.1) is 0 Å². The number of carbonyl (C=O) groups is 2. The largest absolute Gasteiger partial charge is 1.00 e. The van der Waals surface area contributed by atoms with E-state index in [0.29, 0.717) is 12.8 Å². The van der Waals surface area contributed by atoms with Gasteiger partial charge in [0, 0.05) is 12.8 Å². The van der Waals surface area contributed by atoms with Crippen LogP contribution < -0.4 is 29.6 Å². The van der Waals surface area contributed by atoms with Crippen molar-refractivity contribution in [3.63, 3.8) is 0 Å². The van der Waals surface area contributed by atoms with E-state index in [1.165, 1.54) is 89.9 Å². The molecular formula is C24H47NaO3. The van der Waals surface area contributed by atoms with Crippen molar-refractivity contribution >= 4 is 11.9 Å². The molecule has 0 aliphatic rings. The molecule has 4 heteroatoms. The van der Waals surface area contributed by atoms with Gasteiger partial charge in [0.15, 0.2) is 0 Å². The Hall–Kier alpha value is 0.140. The first-order chi connectivity index (χ1) is 13.2. The Kier molecular flexibility index (Phi) is 27.3. The van der Waals surface area contributed by atoms with E-state index in [0.717, 1.165) is 25.7 Å². The molecule has 0 unspecified atom stereocenters. The molecule has 0 radical (unpaired) electrons. The third-order valence-electron chi connectivity index (χ3n) is 5.20. The van der Waals surface area contributed by atoms with Crippen LogP contribution in [0, 0.1) is 0 Å². The normalized spacial score (nSPS) is 10.5. The van der Waals surface area contributed by atoms with E-state index in [2.05, 4.69) is 13.8 Å². The number of hydrogen-bond acceptors (Lipinski definition) is 3. The van der Waals surface area contributed by atoms with Crippen molar-refractivity contribution < 1.29 is 45.3 Å². The molecule has 0 aromatic heterocycles. The van der Waals surface area contributed by atoms with E-state index in [4.69, 9.17) is 4.74 Å². The number of ether oxygens (including phenoxy) is 1. The second kappa shape index (κ2) is 25.2. The first-order valence-corrected chi connectivity index (χ1v) is 11.9. The van der Waals surface area contributed by atoms with Gasteiger partial charge in [0.2, 0.25) is 0 Å². The first kappa shape index (κ1) is 30.3. The van der Waals surface area contributed by atoms with Crippen LogP contribution in [0.15, 0.2) is 0 Å². The molecule has 0 amide bonds. The molecule has 0 aromatic carbocycles. The Bertz CT molecular complexity index is 319. The van der Waals surface area contributed by atoms with Crippen LogP contribution in [0.25, 0.3) is 0 Å². The quantitative estimate of drug-likeness (QED) is 0.123. The van der Waals surface area contributed by atoms with Gasteiger partial charge < -0.3 is 6.16 Å². The maximum atomic E-state index is 11.7. The molecule has 0 N–H and O–H groups in total. The Balaban J connectivity index is -0.00000338. The molecule has 0 rings (SSSR count). The zero-order valence-electron chi connectivity index (χ0n) is 20.4. The van der Waals surface area contributed by atoms with Crippen molar-refractivity contribution in [3.05, 3.63) is 0 Å². The maximum absolute atomic E-state index is 11.7. The molecule has 3 nitrogen and oxygen atoms in total. The fourth-order valence-corrected chi connectivity index (χ4v) is 3.39. The van der Waals surface area contributed by atoms with Crippen molar-refractivity contribution in [3.8, 4) is 0 Å². The van der Waals surface area contributed by atoms with Crippen molar-refractivity contribution in [1.82, 2.24) is 0 Å². The maximum Gasteiger partial charge on any atom is 1.00 e. The number of esters is 2. The first-order valence-electron chi connectivity index (χ1n) is 11.9. The van der Waals surface area contributed by atoms with Crippen LogP contribution in [0.1, 0.15) is 144 Å². The Morgan fingerprint density at radius 3 is 1.04 bits per heavy atom. The molecule has 0 aliphatic carbocycles. The average Bonchev–Trinajstić information content (AvgIpc) is 2.65. The van der Waals surface area contributed by atoms with Gasteiger partial charge in [-0.2, -0.15) is 0 Å². The zero-order chi connectivity index (χ0) is 20.0. The summed E-state index contributed by atoms with van der Waals surface area (Å²) in [5.74, 6) is -0.669. The minimum atomic E-state index is -0.334. The van der Waals surface area contributed by atoms with Gasteiger partial charge in [-0.15, -0.1) is 0 Å². The monoisotopic (exact) mass is 406 g/mol. The van der Waals surface area contributed by atoms with Crippen molar-refractivity contribution in [2.45, 2.75) is 142 Å². The van der Waals surface area contributed by atoms with Gasteiger partial charge in [-0.25, -0.2) is 0 Å². The second-order valence-electron chi connectivity index (χ2n) is 8.00. The minimum Gasteiger partial charge on any atom is -1.00 e. The molecule has 0 bridgehead atoms. The Morgan fingerprint density at radius 1 is 0.500 bits per heavy atom. The number of carbonyl (C=O) groups excluding carboxylic acids is 2. The number of hydrogen-bond donors (Lipinski definition) is 0. The number of unbranched alkanes of at least 4 members (excludes halogenated alkanes) is 16. The van der Waals surface area contributed by atoms with Crippen LogP contribution in [-0.4, -0.2) is 11.9 Å². The molecule has 28 heavy (non-hydrogen) atoms. The molecule has 0 spiro atoms. The van der Waals surface area contributed by atoms with E-state index in [-0.39, 0.29) is 42.9 Å². The third kappa shape index (κ3) is 24.2. The summed E-state index contributed by atoms with van der Waals surface area (Å²) < 4.78 is 4.92. The van der Waals surface area contributed by atoms with Gasteiger partial charge in [-0.05, 0) is 12.8 Å². The minimum absolute atomic E-state index is 0. The van der Waals surface area contributed by atoms with Gasteiger partial charge in [0.25, 0.3) is 0 Å². The number of rotatable bonds is 20. The van der Waals surface area contributed by atoms with Crippen LogP contribution in [0.2, 0.25) is 0 Å². The summed E-state index contributed by atoms with van der Waals surface area (Å²) >= 11 is 0. The molecule has 0 fully saturated rings. The fraction of sp³-hybridized carbons (Fsp3) is 0.917. The van der Waals surface area contributed by atoms with Crippen LogP contribution >= 0.6 is 0 Å². The van der Waals surface area contributed by atoms with Gasteiger partial charge in [-0.1, -0.05) is 117 Å². The van der Waals surface area contributed by atoms with Crippen molar-refractivity contribution in [2.75, 3.05) is 0 Å². The predicted octanol–water partition coefficient (Wildman–Crippen LogP) is 5.01. The van der Waals surface area contributed by atoms with E-state index < -0.39 is 0 Å². The van der Waals surface area contributed by atoms with E-state index in [1.54, 1.807) is 0 Å². The van der Waals surface area contributed by atoms with E-state index >= 15 is 0 Å². The fourth-order valence-electron chi connectivity index (χ4n) is 3.39. The van der Waals surface area contributed by atoms with Crippen LogP contribution in [0.3, 0.4) is 0 Å². The summed E-state index contributed by atoms with van der Waals surface area (Å²) in [4.78, 5) is 23.4. The second-order valence-corrected chi connectivity index (χ2v) is 8.00. The smallest absolute Gasteiger partial charge is 1.00 e. The van der Waals surface area contributed by atoms with E-state index in [9.17, 15) is 9.59 Å². The van der Waals surface area contributed by atoms with Crippen LogP contribution in [-0.2, 0) is 14.3 Å². The standard InChI is InChI=1S/C24H46O3.Na.H/c1-3-5-7-9-11-13-15-17-19-21-23(25)27-24(26)22-20-18-16-14-12-10-8-6-4-2;;/h3-22H2,1-2H3;;/q;+1;-1. The SMILES string of the molecule is CCCCCCCCCCCC(=O)OC(=O)CCCCCCCCCCC.[H-].[Na+]. The van der Waals surface area contributed by atoms with Gasteiger partial charge in [-0.3, -0.25) is 9.59 Å². The summed E-state index contributed by atoms with van der Waals surface area (Å²) in [6.45, 7) is 4.47. The zero-order valence-corrected chi connectivity index (χ0v) is 21.4. The predicted molar refractivity (Wildman–Crippen MR) is 116 cm³/mol. The summed E-state index contributed by atoms with van der Waals surface area (Å²) in [7, 11) is 0.